The summed E-state index contributed by atoms with van der Waals surface area (Å²) in [4.78, 5) is 13.9. The van der Waals surface area contributed by atoms with Crippen molar-refractivity contribution >= 4 is 11.6 Å². The number of benzene rings is 2. The summed E-state index contributed by atoms with van der Waals surface area (Å²) >= 11 is 0. The highest BCUT2D eigenvalue weighted by atomic mass is 16.6. The second kappa shape index (κ2) is 7.66. The summed E-state index contributed by atoms with van der Waals surface area (Å²) < 4.78 is 12.6. The van der Waals surface area contributed by atoms with Gasteiger partial charge in [0.2, 0.25) is 5.82 Å². The van der Waals surface area contributed by atoms with Gasteiger partial charge in [-0.1, -0.05) is 30.3 Å². The lowest BCUT2D eigenvalue weighted by atomic mass is 10.2. The Morgan fingerprint density at radius 2 is 1.83 bits per heavy atom. The van der Waals surface area contributed by atoms with Crippen LogP contribution in [0.1, 0.15) is 10.5 Å². The van der Waals surface area contributed by atoms with Crippen LogP contribution in [0.3, 0.4) is 0 Å². The van der Waals surface area contributed by atoms with E-state index in [1.54, 1.807) is 35.1 Å². The van der Waals surface area contributed by atoms with Crippen LogP contribution >= 0.6 is 0 Å². The van der Waals surface area contributed by atoms with Gasteiger partial charge in [0.1, 0.15) is 13.2 Å². The largest absolute Gasteiger partial charge is 0.486 e. The number of hydrogen-bond donors (Lipinski definition) is 1. The Balaban J connectivity index is 1.25. The Bertz CT molecular complexity index is 1190. The van der Waals surface area contributed by atoms with Gasteiger partial charge in [0, 0.05) is 23.5 Å². The molecule has 0 bridgehead atoms. The van der Waals surface area contributed by atoms with Crippen molar-refractivity contribution in [3.63, 3.8) is 0 Å². The molecule has 10 nitrogen and oxygen atoms in total. The van der Waals surface area contributed by atoms with Gasteiger partial charge in [-0.05, 0) is 23.4 Å². The molecular weight excluding hydrogens is 386 g/mol. The first kappa shape index (κ1) is 17.9. The van der Waals surface area contributed by atoms with E-state index in [1.807, 2.05) is 30.3 Å². The zero-order valence-corrected chi connectivity index (χ0v) is 15.8. The summed E-state index contributed by atoms with van der Waals surface area (Å²) in [5.74, 6) is 1.47. The van der Waals surface area contributed by atoms with Crippen molar-refractivity contribution in [1.82, 2.24) is 30.0 Å². The molecule has 2 aromatic carbocycles. The molecule has 30 heavy (non-hydrogen) atoms. The molecule has 0 spiro atoms. The highest BCUT2D eigenvalue weighted by Crippen LogP contribution is 2.32. The van der Waals surface area contributed by atoms with E-state index in [4.69, 9.17) is 9.47 Å². The molecule has 0 aliphatic carbocycles. The lowest BCUT2D eigenvalue weighted by Gasteiger charge is -2.18. The quantitative estimate of drug-likeness (QED) is 0.543. The Labute approximate surface area is 171 Å². The van der Waals surface area contributed by atoms with Crippen LogP contribution in [-0.2, 0) is 6.67 Å². The van der Waals surface area contributed by atoms with Crippen LogP contribution < -0.4 is 14.8 Å². The first-order valence-corrected chi connectivity index (χ1v) is 9.32. The molecule has 0 atom stereocenters. The van der Waals surface area contributed by atoms with Crippen molar-refractivity contribution in [2.45, 2.75) is 6.67 Å². The highest BCUT2D eigenvalue weighted by molar-refractivity contribution is 6.02. The minimum atomic E-state index is -0.332. The Hall–Kier alpha value is -4.21. The van der Waals surface area contributed by atoms with Crippen LogP contribution in [0.2, 0.25) is 0 Å². The van der Waals surface area contributed by atoms with E-state index >= 15 is 0 Å². The van der Waals surface area contributed by atoms with Crippen LogP contribution in [-0.4, -0.2) is 49.1 Å². The van der Waals surface area contributed by atoms with E-state index in [9.17, 15) is 4.79 Å². The van der Waals surface area contributed by atoms with Crippen molar-refractivity contribution in [2.24, 2.45) is 0 Å². The Kier molecular flexibility index (Phi) is 4.56. The van der Waals surface area contributed by atoms with Crippen LogP contribution in [0.15, 0.2) is 60.8 Å². The summed E-state index contributed by atoms with van der Waals surface area (Å²) in [5, 5.41) is 19.5. The Morgan fingerprint density at radius 1 is 1.00 bits per heavy atom. The van der Waals surface area contributed by atoms with E-state index in [0.29, 0.717) is 36.2 Å². The second-order valence-electron chi connectivity index (χ2n) is 6.55. The van der Waals surface area contributed by atoms with Crippen molar-refractivity contribution in [3.05, 3.63) is 66.5 Å². The number of hydrogen-bond acceptors (Lipinski definition) is 7. The maximum absolute atomic E-state index is 12.5. The van der Waals surface area contributed by atoms with Gasteiger partial charge >= 0.3 is 0 Å². The molecule has 1 amide bonds. The van der Waals surface area contributed by atoms with Crippen molar-refractivity contribution in [1.29, 1.82) is 0 Å². The first-order chi connectivity index (χ1) is 14.7. The lowest BCUT2D eigenvalue weighted by molar-refractivity contribution is 0.102. The predicted molar refractivity (Wildman–Crippen MR) is 106 cm³/mol. The molecule has 0 radical (unpaired) electrons. The number of anilines is 1. The fourth-order valence-electron chi connectivity index (χ4n) is 3.01. The van der Waals surface area contributed by atoms with Crippen molar-refractivity contribution < 1.29 is 14.3 Å². The van der Waals surface area contributed by atoms with Gasteiger partial charge in [-0.25, -0.2) is 4.68 Å². The molecule has 10 heteroatoms. The van der Waals surface area contributed by atoms with Gasteiger partial charge in [0.15, 0.2) is 23.9 Å². The van der Waals surface area contributed by atoms with E-state index in [2.05, 4.69) is 25.8 Å². The number of nitrogens with one attached hydrogen (secondary N) is 1. The number of amides is 1. The molecule has 0 saturated heterocycles. The van der Waals surface area contributed by atoms with Crippen molar-refractivity contribution in [3.8, 4) is 22.9 Å². The minimum Gasteiger partial charge on any atom is -0.486 e. The molecule has 0 fully saturated rings. The maximum atomic E-state index is 12.5. The average molecular weight is 403 g/mol. The number of ether oxygens (including phenoxy) is 2. The number of rotatable bonds is 5. The van der Waals surface area contributed by atoms with Gasteiger partial charge < -0.3 is 14.8 Å². The van der Waals surface area contributed by atoms with Crippen molar-refractivity contribution in [2.75, 3.05) is 18.5 Å². The molecule has 5 rings (SSSR count). The zero-order chi connectivity index (χ0) is 20.3. The first-order valence-electron chi connectivity index (χ1n) is 9.32. The smallest absolute Gasteiger partial charge is 0.276 e. The van der Waals surface area contributed by atoms with Gasteiger partial charge in [0.05, 0.1) is 0 Å². The monoisotopic (exact) mass is 403 g/mol. The SMILES string of the molecule is O=C(Nc1ccc2c(c1)OCCO2)c1ccn(Cn2nnc(-c3ccccc3)n2)n1. The summed E-state index contributed by atoms with van der Waals surface area (Å²) in [5.41, 5.74) is 1.75. The molecule has 1 aliphatic heterocycles. The molecule has 1 aliphatic rings. The molecule has 0 saturated carbocycles. The predicted octanol–water partition coefficient (Wildman–Crippen LogP) is 2.07. The van der Waals surface area contributed by atoms with Gasteiger partial charge in [-0.15, -0.1) is 15.0 Å². The number of carbonyl (C=O) groups excluding carboxylic acids is 1. The molecule has 150 valence electrons. The number of nitrogens with zero attached hydrogens (tertiary/aromatic N) is 6. The fourth-order valence-corrected chi connectivity index (χ4v) is 3.01. The van der Waals surface area contributed by atoms with Gasteiger partial charge in [-0.2, -0.15) is 5.10 Å². The van der Waals surface area contributed by atoms with E-state index < -0.39 is 0 Å². The van der Waals surface area contributed by atoms with E-state index in [-0.39, 0.29) is 18.3 Å². The van der Waals surface area contributed by atoms with E-state index in [0.717, 1.165) is 5.56 Å². The summed E-state index contributed by atoms with van der Waals surface area (Å²) in [7, 11) is 0. The number of carbonyl (C=O) groups is 1. The molecule has 3 heterocycles. The standard InChI is InChI=1S/C20H17N7O3/c28-20(21-15-6-7-17-18(12-15)30-11-10-29-17)16-8-9-26(23-16)13-27-24-19(22-25-27)14-4-2-1-3-5-14/h1-9,12H,10-11,13H2,(H,21,28). The van der Waals surface area contributed by atoms with Crippen LogP contribution in [0.25, 0.3) is 11.4 Å². The maximum Gasteiger partial charge on any atom is 0.276 e. The number of aromatic nitrogens is 6. The summed E-state index contributed by atoms with van der Waals surface area (Å²) in [6.07, 6.45) is 1.68. The molecule has 4 aromatic rings. The van der Waals surface area contributed by atoms with Gasteiger partial charge in [-0.3, -0.25) is 4.79 Å². The third-order valence-electron chi connectivity index (χ3n) is 4.43. The molecular formula is C20H17N7O3. The minimum absolute atomic E-state index is 0.233. The highest BCUT2D eigenvalue weighted by Gasteiger charge is 2.15. The molecule has 0 unspecified atom stereocenters. The number of tetrazole rings is 1. The van der Waals surface area contributed by atoms with Crippen LogP contribution in [0, 0.1) is 0 Å². The summed E-state index contributed by atoms with van der Waals surface area (Å²) in [6, 6.07) is 16.5. The third kappa shape index (κ3) is 3.70. The fraction of sp³-hybridized carbons (Fsp3) is 0.150. The van der Waals surface area contributed by atoms with E-state index in [1.165, 1.54) is 4.80 Å². The topological polar surface area (TPSA) is 109 Å². The normalized spacial score (nSPS) is 12.5. The molecule has 1 N–H and O–H groups in total. The third-order valence-corrected chi connectivity index (χ3v) is 4.43. The number of fused-ring (bicyclic) bond motifs is 1. The molecule has 2 aromatic heterocycles. The zero-order valence-electron chi connectivity index (χ0n) is 15.8. The average Bonchev–Trinajstić information content (AvgIpc) is 3.45. The Morgan fingerprint density at radius 3 is 2.70 bits per heavy atom. The lowest BCUT2D eigenvalue weighted by Crippen LogP contribution is -2.17. The van der Waals surface area contributed by atoms with Gasteiger partial charge in [0.25, 0.3) is 5.91 Å². The van der Waals surface area contributed by atoms with Crippen LogP contribution in [0.5, 0.6) is 11.5 Å². The van der Waals surface area contributed by atoms with Crippen LogP contribution in [0.4, 0.5) is 5.69 Å². The second-order valence-corrected chi connectivity index (χ2v) is 6.55. The summed E-state index contributed by atoms with van der Waals surface area (Å²) in [6.45, 7) is 1.23.